The van der Waals surface area contributed by atoms with E-state index in [0.29, 0.717) is 35.5 Å². The number of rotatable bonds is 6. The molecule has 3 aromatic carbocycles. The minimum Gasteiger partial charge on any atom is -0.334 e. The predicted octanol–water partition coefficient (Wildman–Crippen LogP) is 4.95. The monoisotopic (exact) mass is 542 g/mol. The number of hydrogen-bond donors (Lipinski definition) is 1. The normalized spacial score (nSPS) is 18.6. The molecule has 6 rings (SSSR count). The van der Waals surface area contributed by atoms with Crippen LogP contribution in [0.4, 0.5) is 8.78 Å². The standard InChI is InChI=1S/C32H32F2N4O2/c33-26-15-22(16-27(34)18-26)14-21-5-6-25-19-35-30(29(25)17-21)36-31(39)23-7-9-24(10-8-23)32(40)38-13-3-4-28(38)20-37-11-1-2-12-37/h5-10,15-18,28H,1-4,11-14,19-20H2,(H,35,36,39)/t28-/m0/s1. The number of hydrogen-bond acceptors (Lipinski definition) is 4. The number of nitrogens with zero attached hydrogens (tertiary/aromatic N) is 3. The highest BCUT2D eigenvalue weighted by Crippen LogP contribution is 2.24. The van der Waals surface area contributed by atoms with Crippen LogP contribution in [0.15, 0.2) is 65.7 Å². The maximum Gasteiger partial charge on any atom is 0.256 e. The summed E-state index contributed by atoms with van der Waals surface area (Å²) in [5, 5.41) is 2.90. The summed E-state index contributed by atoms with van der Waals surface area (Å²) in [5.74, 6) is -1.04. The molecule has 0 unspecified atom stereocenters. The van der Waals surface area contributed by atoms with Gasteiger partial charge in [0.05, 0.1) is 6.54 Å². The molecule has 0 spiro atoms. The topological polar surface area (TPSA) is 65.0 Å². The van der Waals surface area contributed by atoms with E-state index in [0.717, 1.165) is 61.8 Å². The third-order valence-corrected chi connectivity index (χ3v) is 8.10. The van der Waals surface area contributed by atoms with Crippen molar-refractivity contribution in [2.45, 2.75) is 44.7 Å². The Hall–Kier alpha value is -3.91. The van der Waals surface area contributed by atoms with Crippen LogP contribution in [0.25, 0.3) is 0 Å². The van der Waals surface area contributed by atoms with Gasteiger partial charge in [0.15, 0.2) is 0 Å². The Kier molecular flexibility index (Phi) is 7.43. The van der Waals surface area contributed by atoms with E-state index < -0.39 is 11.6 Å². The fourth-order valence-electron chi connectivity index (χ4n) is 6.06. The number of fused-ring (bicyclic) bond motifs is 1. The highest BCUT2D eigenvalue weighted by Gasteiger charge is 2.31. The highest BCUT2D eigenvalue weighted by molar-refractivity contribution is 6.14. The van der Waals surface area contributed by atoms with Crippen LogP contribution in [0, 0.1) is 11.6 Å². The zero-order chi connectivity index (χ0) is 27.6. The first-order chi connectivity index (χ1) is 19.4. The molecule has 0 radical (unpaired) electrons. The molecule has 0 aliphatic carbocycles. The second kappa shape index (κ2) is 11.3. The van der Waals surface area contributed by atoms with Gasteiger partial charge in [0.25, 0.3) is 11.8 Å². The average Bonchev–Trinajstić information content (AvgIpc) is 3.70. The van der Waals surface area contributed by atoms with Gasteiger partial charge in [-0.15, -0.1) is 0 Å². The zero-order valence-electron chi connectivity index (χ0n) is 22.3. The van der Waals surface area contributed by atoms with Crippen LogP contribution in [-0.2, 0) is 13.0 Å². The number of carbonyl (C=O) groups excluding carboxylic acids is 2. The molecule has 2 amide bonds. The van der Waals surface area contributed by atoms with Gasteiger partial charge in [-0.2, -0.15) is 0 Å². The number of carbonyl (C=O) groups is 2. The number of nitrogens with one attached hydrogen (secondary N) is 1. The second-order valence-corrected chi connectivity index (χ2v) is 10.9. The molecule has 2 fully saturated rings. The molecule has 0 saturated carbocycles. The maximum atomic E-state index is 13.6. The summed E-state index contributed by atoms with van der Waals surface area (Å²) in [4.78, 5) is 35.3. The SMILES string of the molecule is O=C(NC1=NCc2ccc(Cc3cc(F)cc(F)c3)cc21)c1ccc(C(=O)N2CCC[C@H]2CN2CCCC2)cc1. The van der Waals surface area contributed by atoms with E-state index in [1.807, 2.05) is 23.1 Å². The summed E-state index contributed by atoms with van der Waals surface area (Å²) in [7, 11) is 0. The Morgan fingerprint density at radius 2 is 1.57 bits per heavy atom. The summed E-state index contributed by atoms with van der Waals surface area (Å²) < 4.78 is 27.3. The Labute approximate surface area is 232 Å². The van der Waals surface area contributed by atoms with Gasteiger partial charge in [0.1, 0.15) is 17.5 Å². The number of benzene rings is 3. The number of aliphatic imine (C=N–C) groups is 1. The van der Waals surface area contributed by atoms with Crippen molar-refractivity contribution in [1.82, 2.24) is 15.1 Å². The van der Waals surface area contributed by atoms with E-state index in [1.165, 1.54) is 25.0 Å². The molecule has 206 valence electrons. The van der Waals surface area contributed by atoms with Crippen molar-refractivity contribution >= 4 is 17.6 Å². The molecular weight excluding hydrogens is 510 g/mol. The molecular formula is C32H32F2N4O2. The van der Waals surface area contributed by atoms with Crippen LogP contribution >= 0.6 is 0 Å². The van der Waals surface area contributed by atoms with Crippen LogP contribution in [0.2, 0.25) is 0 Å². The lowest BCUT2D eigenvalue weighted by molar-refractivity contribution is 0.0708. The number of likely N-dealkylation sites (tertiary alicyclic amines) is 2. The second-order valence-electron chi connectivity index (χ2n) is 10.9. The van der Waals surface area contributed by atoms with Gasteiger partial charge in [-0.05, 0) is 104 Å². The summed E-state index contributed by atoms with van der Waals surface area (Å²) in [6.45, 7) is 4.39. The summed E-state index contributed by atoms with van der Waals surface area (Å²) >= 11 is 0. The summed E-state index contributed by atoms with van der Waals surface area (Å²) in [5.41, 5.74) is 4.19. The Morgan fingerprint density at radius 3 is 2.33 bits per heavy atom. The van der Waals surface area contributed by atoms with E-state index >= 15 is 0 Å². The minimum atomic E-state index is -0.610. The molecule has 2 saturated heterocycles. The molecule has 3 aliphatic heterocycles. The number of halogens is 2. The first kappa shape index (κ1) is 26.3. The van der Waals surface area contributed by atoms with Crippen molar-refractivity contribution in [3.05, 3.63) is 106 Å². The van der Waals surface area contributed by atoms with Gasteiger partial charge in [-0.25, -0.2) is 8.78 Å². The van der Waals surface area contributed by atoms with Gasteiger partial charge < -0.3 is 15.1 Å². The van der Waals surface area contributed by atoms with E-state index in [9.17, 15) is 18.4 Å². The Balaban J connectivity index is 1.10. The van der Waals surface area contributed by atoms with Gasteiger partial charge >= 0.3 is 0 Å². The zero-order valence-corrected chi connectivity index (χ0v) is 22.3. The lowest BCUT2D eigenvalue weighted by atomic mass is 9.99. The van der Waals surface area contributed by atoms with Crippen LogP contribution in [0.3, 0.4) is 0 Å². The molecule has 40 heavy (non-hydrogen) atoms. The van der Waals surface area contributed by atoms with Gasteiger partial charge in [-0.3, -0.25) is 14.6 Å². The quantitative estimate of drug-likeness (QED) is 0.480. The van der Waals surface area contributed by atoms with Crippen LogP contribution in [-0.4, -0.2) is 59.7 Å². The third kappa shape index (κ3) is 5.68. The van der Waals surface area contributed by atoms with E-state index in [1.54, 1.807) is 24.3 Å². The molecule has 0 bridgehead atoms. The fourth-order valence-corrected chi connectivity index (χ4v) is 6.06. The molecule has 1 atom stereocenters. The number of amidine groups is 1. The molecule has 3 heterocycles. The molecule has 3 aliphatic rings. The van der Waals surface area contributed by atoms with E-state index in [4.69, 9.17) is 0 Å². The van der Waals surface area contributed by atoms with Crippen molar-refractivity contribution in [2.75, 3.05) is 26.2 Å². The highest BCUT2D eigenvalue weighted by atomic mass is 19.1. The Morgan fingerprint density at radius 1 is 0.850 bits per heavy atom. The van der Waals surface area contributed by atoms with Crippen molar-refractivity contribution in [1.29, 1.82) is 0 Å². The van der Waals surface area contributed by atoms with Crippen molar-refractivity contribution < 1.29 is 18.4 Å². The molecule has 3 aromatic rings. The van der Waals surface area contributed by atoms with Gasteiger partial charge in [0, 0.05) is 41.9 Å². The van der Waals surface area contributed by atoms with Crippen LogP contribution < -0.4 is 5.32 Å². The van der Waals surface area contributed by atoms with Gasteiger partial charge in [0.2, 0.25) is 0 Å². The molecule has 8 heteroatoms. The van der Waals surface area contributed by atoms with Crippen molar-refractivity contribution in [3.63, 3.8) is 0 Å². The van der Waals surface area contributed by atoms with Crippen LogP contribution in [0.5, 0.6) is 0 Å². The Bertz CT molecular complexity index is 1440. The lowest BCUT2D eigenvalue weighted by Gasteiger charge is -2.28. The first-order valence-corrected chi connectivity index (χ1v) is 14.0. The number of amides is 2. The average molecular weight is 543 g/mol. The first-order valence-electron chi connectivity index (χ1n) is 14.0. The molecule has 6 nitrogen and oxygen atoms in total. The summed E-state index contributed by atoms with van der Waals surface area (Å²) in [6.07, 6.45) is 4.88. The van der Waals surface area contributed by atoms with E-state index in [2.05, 4.69) is 15.2 Å². The largest absolute Gasteiger partial charge is 0.334 e. The minimum absolute atomic E-state index is 0.0217. The maximum absolute atomic E-state index is 13.6. The third-order valence-electron chi connectivity index (χ3n) is 8.10. The molecule has 1 N–H and O–H groups in total. The van der Waals surface area contributed by atoms with Gasteiger partial charge in [-0.1, -0.05) is 12.1 Å². The van der Waals surface area contributed by atoms with Crippen molar-refractivity contribution in [3.8, 4) is 0 Å². The molecule has 0 aromatic heterocycles. The van der Waals surface area contributed by atoms with E-state index in [-0.39, 0.29) is 17.9 Å². The smallest absolute Gasteiger partial charge is 0.256 e. The fraction of sp³-hybridized carbons (Fsp3) is 0.344. The lowest BCUT2D eigenvalue weighted by Crippen LogP contribution is -2.42. The van der Waals surface area contributed by atoms with Crippen LogP contribution in [0.1, 0.15) is 68.7 Å². The predicted molar refractivity (Wildman–Crippen MR) is 149 cm³/mol. The van der Waals surface area contributed by atoms with Crippen molar-refractivity contribution in [2.24, 2.45) is 4.99 Å². The summed E-state index contributed by atoms with van der Waals surface area (Å²) in [6, 6.07) is 16.3.